The van der Waals surface area contributed by atoms with E-state index in [2.05, 4.69) is 34.4 Å². The van der Waals surface area contributed by atoms with Crippen LogP contribution in [0, 0.1) is 5.92 Å². The van der Waals surface area contributed by atoms with Crippen molar-refractivity contribution in [2.45, 2.75) is 20.3 Å². The first-order valence-electron chi connectivity index (χ1n) is 6.60. The topological polar surface area (TPSA) is 69.8 Å². The van der Waals surface area contributed by atoms with Gasteiger partial charge < -0.3 is 15.6 Å². The minimum Gasteiger partial charge on any atom is -0.356 e. The molecule has 5 nitrogen and oxygen atoms in total. The Balaban J connectivity index is 1.77. The van der Waals surface area contributed by atoms with Gasteiger partial charge in [0.05, 0.1) is 11.0 Å². The fourth-order valence-corrected chi connectivity index (χ4v) is 1.74. The predicted octanol–water partition coefficient (Wildman–Crippen LogP) is 2.14. The van der Waals surface area contributed by atoms with Crippen LogP contribution in [0.4, 0.5) is 5.95 Å². The van der Waals surface area contributed by atoms with Gasteiger partial charge in [0.25, 0.3) is 0 Å². The molecule has 0 radical (unpaired) electrons. The molecule has 0 bridgehead atoms. The van der Waals surface area contributed by atoms with Gasteiger partial charge in [-0.05, 0) is 18.1 Å². The van der Waals surface area contributed by atoms with E-state index in [0.717, 1.165) is 17.6 Å². The Kier molecular flexibility index (Phi) is 4.39. The van der Waals surface area contributed by atoms with Crippen LogP contribution in [0.3, 0.4) is 0 Å². The number of benzene rings is 1. The molecule has 1 aromatic heterocycles. The molecule has 1 heterocycles. The van der Waals surface area contributed by atoms with Crippen LogP contribution in [-0.4, -0.2) is 29.0 Å². The number of H-pyrrole nitrogens is 1. The first-order chi connectivity index (χ1) is 9.15. The normalized spacial score (nSPS) is 10.9. The summed E-state index contributed by atoms with van der Waals surface area (Å²) in [6.45, 7) is 5.45. The van der Waals surface area contributed by atoms with Gasteiger partial charge in [-0.3, -0.25) is 4.79 Å². The van der Waals surface area contributed by atoms with Gasteiger partial charge in [-0.1, -0.05) is 26.0 Å². The fraction of sp³-hybridized carbons (Fsp3) is 0.429. The van der Waals surface area contributed by atoms with Gasteiger partial charge in [0.15, 0.2) is 0 Å². The molecule has 3 N–H and O–H groups in total. The summed E-state index contributed by atoms with van der Waals surface area (Å²) in [6.07, 6.45) is 0.448. The van der Waals surface area contributed by atoms with E-state index >= 15 is 0 Å². The van der Waals surface area contributed by atoms with Crippen LogP contribution in [0.5, 0.6) is 0 Å². The van der Waals surface area contributed by atoms with Crippen molar-refractivity contribution in [1.29, 1.82) is 0 Å². The third-order valence-corrected chi connectivity index (χ3v) is 2.74. The number of nitrogens with one attached hydrogen (secondary N) is 3. The lowest BCUT2D eigenvalue weighted by Crippen LogP contribution is -2.28. The van der Waals surface area contributed by atoms with Gasteiger partial charge in [-0.25, -0.2) is 4.98 Å². The summed E-state index contributed by atoms with van der Waals surface area (Å²) in [6, 6.07) is 7.84. The largest absolute Gasteiger partial charge is 0.356 e. The minimum atomic E-state index is 0.0670. The Morgan fingerprint density at radius 2 is 2.16 bits per heavy atom. The van der Waals surface area contributed by atoms with Gasteiger partial charge in [-0.2, -0.15) is 0 Å². The Bertz CT molecular complexity index is 514. The third kappa shape index (κ3) is 3.98. The molecule has 102 valence electrons. The number of carbonyl (C=O) groups excluding carboxylic acids is 1. The number of hydrogen-bond donors (Lipinski definition) is 3. The lowest BCUT2D eigenvalue weighted by molar-refractivity contribution is -0.120. The summed E-state index contributed by atoms with van der Waals surface area (Å²) in [5.74, 6) is 1.25. The van der Waals surface area contributed by atoms with Crippen LogP contribution < -0.4 is 10.6 Å². The lowest BCUT2D eigenvalue weighted by Gasteiger charge is -2.07. The van der Waals surface area contributed by atoms with E-state index in [1.807, 2.05) is 24.3 Å². The van der Waals surface area contributed by atoms with E-state index in [-0.39, 0.29) is 5.91 Å². The molecular weight excluding hydrogens is 240 g/mol. The Hall–Kier alpha value is -2.04. The number of rotatable bonds is 6. The molecular formula is C14H20N4O. The molecule has 0 aliphatic carbocycles. The maximum absolute atomic E-state index is 11.5. The second-order valence-electron chi connectivity index (χ2n) is 4.98. The molecule has 19 heavy (non-hydrogen) atoms. The number of imidazole rings is 1. The molecule has 0 atom stereocenters. The number of hydrogen-bond acceptors (Lipinski definition) is 3. The highest BCUT2D eigenvalue weighted by atomic mass is 16.1. The standard InChI is InChI=1S/C14H20N4O/c1-10(2)9-16-13(19)7-8-15-14-17-11-5-3-4-6-12(11)18-14/h3-6,10H,7-9H2,1-2H3,(H,16,19)(H2,15,17,18). The monoisotopic (exact) mass is 260 g/mol. The van der Waals surface area contributed by atoms with Crippen LogP contribution >= 0.6 is 0 Å². The first-order valence-corrected chi connectivity index (χ1v) is 6.60. The predicted molar refractivity (Wildman–Crippen MR) is 77.0 cm³/mol. The van der Waals surface area contributed by atoms with Crippen LogP contribution in [0.25, 0.3) is 11.0 Å². The molecule has 0 saturated heterocycles. The summed E-state index contributed by atoms with van der Waals surface area (Å²) < 4.78 is 0. The number of aromatic nitrogens is 2. The zero-order chi connectivity index (χ0) is 13.7. The van der Waals surface area contributed by atoms with Gasteiger partial charge in [-0.15, -0.1) is 0 Å². The molecule has 5 heteroatoms. The quantitative estimate of drug-likeness (QED) is 0.745. The Morgan fingerprint density at radius 1 is 1.37 bits per heavy atom. The van der Waals surface area contributed by atoms with Crippen LogP contribution in [0.2, 0.25) is 0 Å². The Morgan fingerprint density at radius 3 is 2.89 bits per heavy atom. The second-order valence-corrected chi connectivity index (χ2v) is 4.98. The van der Waals surface area contributed by atoms with Crippen molar-refractivity contribution in [3.8, 4) is 0 Å². The number of fused-ring (bicyclic) bond motifs is 1. The zero-order valence-electron chi connectivity index (χ0n) is 11.4. The number of amides is 1. The van der Waals surface area contributed by atoms with Crippen LogP contribution in [0.15, 0.2) is 24.3 Å². The SMILES string of the molecule is CC(C)CNC(=O)CCNc1nc2ccccc2[nH]1. The van der Waals surface area contributed by atoms with Gasteiger partial charge in [0.2, 0.25) is 11.9 Å². The summed E-state index contributed by atoms with van der Waals surface area (Å²) in [5.41, 5.74) is 1.92. The summed E-state index contributed by atoms with van der Waals surface area (Å²) >= 11 is 0. The third-order valence-electron chi connectivity index (χ3n) is 2.74. The van der Waals surface area contributed by atoms with Gasteiger partial charge in [0.1, 0.15) is 0 Å². The number of carbonyl (C=O) groups is 1. The number of para-hydroxylation sites is 2. The number of aromatic amines is 1. The van der Waals surface area contributed by atoms with Gasteiger partial charge >= 0.3 is 0 Å². The van der Waals surface area contributed by atoms with Crippen molar-refractivity contribution in [3.63, 3.8) is 0 Å². The van der Waals surface area contributed by atoms with Crippen molar-refractivity contribution in [2.75, 3.05) is 18.4 Å². The summed E-state index contributed by atoms with van der Waals surface area (Å²) in [4.78, 5) is 19.1. The maximum atomic E-state index is 11.5. The van der Waals surface area contributed by atoms with Crippen molar-refractivity contribution in [1.82, 2.24) is 15.3 Å². The molecule has 0 spiro atoms. The van der Waals surface area contributed by atoms with E-state index in [1.54, 1.807) is 0 Å². The first kappa shape index (κ1) is 13.4. The molecule has 1 amide bonds. The van der Waals surface area contributed by atoms with Crippen molar-refractivity contribution < 1.29 is 4.79 Å². The van der Waals surface area contributed by atoms with Crippen LogP contribution in [0.1, 0.15) is 20.3 Å². The van der Waals surface area contributed by atoms with Crippen molar-refractivity contribution in [2.24, 2.45) is 5.92 Å². The van der Waals surface area contributed by atoms with E-state index in [1.165, 1.54) is 0 Å². The minimum absolute atomic E-state index is 0.0670. The zero-order valence-corrected chi connectivity index (χ0v) is 11.4. The maximum Gasteiger partial charge on any atom is 0.221 e. The molecule has 0 aliphatic rings. The molecule has 0 fully saturated rings. The van der Waals surface area contributed by atoms with Gasteiger partial charge in [0, 0.05) is 19.5 Å². The van der Waals surface area contributed by atoms with Crippen molar-refractivity contribution in [3.05, 3.63) is 24.3 Å². The number of nitrogens with zero attached hydrogens (tertiary/aromatic N) is 1. The Labute approximate surface area is 112 Å². The molecule has 1 aromatic carbocycles. The summed E-state index contributed by atoms with van der Waals surface area (Å²) in [5, 5.41) is 6.01. The highest BCUT2D eigenvalue weighted by Crippen LogP contribution is 2.12. The molecule has 2 aromatic rings. The number of anilines is 1. The van der Waals surface area contributed by atoms with E-state index < -0.39 is 0 Å². The second kappa shape index (κ2) is 6.22. The van der Waals surface area contributed by atoms with E-state index in [0.29, 0.717) is 24.8 Å². The molecule has 0 unspecified atom stereocenters. The highest BCUT2D eigenvalue weighted by Gasteiger charge is 2.04. The smallest absolute Gasteiger partial charge is 0.221 e. The van der Waals surface area contributed by atoms with E-state index in [4.69, 9.17) is 0 Å². The fourth-order valence-electron chi connectivity index (χ4n) is 1.74. The molecule has 0 aliphatic heterocycles. The lowest BCUT2D eigenvalue weighted by atomic mass is 10.2. The highest BCUT2D eigenvalue weighted by molar-refractivity contribution is 5.78. The molecule has 2 rings (SSSR count). The average molecular weight is 260 g/mol. The molecule has 0 saturated carbocycles. The summed E-state index contributed by atoms with van der Waals surface area (Å²) in [7, 11) is 0. The van der Waals surface area contributed by atoms with Crippen LogP contribution in [-0.2, 0) is 4.79 Å². The van der Waals surface area contributed by atoms with Crippen molar-refractivity contribution >= 4 is 22.9 Å². The average Bonchev–Trinajstić information content (AvgIpc) is 2.79. The van der Waals surface area contributed by atoms with E-state index in [9.17, 15) is 4.79 Å².